The Morgan fingerprint density at radius 3 is 2.74 bits per heavy atom. The molecule has 2 aromatic heterocycles. The third-order valence-corrected chi connectivity index (χ3v) is 5.87. The molecule has 6 nitrogen and oxygen atoms in total. The molecule has 0 saturated carbocycles. The van der Waals surface area contributed by atoms with Crippen LogP contribution in [-0.2, 0) is 22.9 Å². The van der Waals surface area contributed by atoms with Crippen LogP contribution in [0.3, 0.4) is 0 Å². The molecule has 0 radical (unpaired) electrons. The van der Waals surface area contributed by atoms with Crippen LogP contribution >= 0.6 is 0 Å². The molecule has 1 aliphatic rings. The summed E-state index contributed by atoms with van der Waals surface area (Å²) in [6.07, 6.45) is 2.41. The van der Waals surface area contributed by atoms with E-state index in [-0.39, 0.29) is 11.5 Å². The van der Waals surface area contributed by atoms with E-state index in [4.69, 9.17) is 4.42 Å². The third kappa shape index (κ3) is 3.80. The third-order valence-electron chi connectivity index (χ3n) is 4.17. The highest BCUT2D eigenvalue weighted by Gasteiger charge is 2.40. The van der Waals surface area contributed by atoms with Crippen molar-refractivity contribution < 1.29 is 17.9 Å². The second-order valence-electron chi connectivity index (χ2n) is 5.96. The van der Waals surface area contributed by atoms with Crippen molar-refractivity contribution in [3.63, 3.8) is 0 Å². The lowest BCUT2D eigenvalue weighted by molar-refractivity contribution is 0.0676. The van der Waals surface area contributed by atoms with Gasteiger partial charge in [-0.3, -0.25) is 9.88 Å². The average Bonchev–Trinajstić information content (AvgIpc) is 3.07. The zero-order chi connectivity index (χ0) is 16.4. The molecular weight excluding hydrogens is 316 g/mol. The zero-order valence-electron chi connectivity index (χ0n) is 12.9. The number of sulfone groups is 1. The molecule has 0 spiro atoms. The van der Waals surface area contributed by atoms with Gasteiger partial charge in [0.1, 0.15) is 5.76 Å². The molecule has 2 aromatic rings. The molecule has 0 amide bonds. The fraction of sp³-hybridized carbons (Fsp3) is 0.438. The maximum absolute atomic E-state index is 11.9. The van der Waals surface area contributed by atoms with Crippen molar-refractivity contribution in [1.82, 2.24) is 9.88 Å². The highest BCUT2D eigenvalue weighted by molar-refractivity contribution is 7.91. The molecular formula is C16H20N2O4S. The van der Waals surface area contributed by atoms with Gasteiger partial charge in [-0.15, -0.1) is 0 Å². The van der Waals surface area contributed by atoms with Gasteiger partial charge in [-0.2, -0.15) is 0 Å². The summed E-state index contributed by atoms with van der Waals surface area (Å²) in [6.45, 7) is 2.86. The first-order chi connectivity index (χ1) is 10.9. The Morgan fingerprint density at radius 2 is 2.13 bits per heavy atom. The highest BCUT2D eigenvalue weighted by atomic mass is 32.2. The molecule has 2 atom stereocenters. The fourth-order valence-corrected chi connectivity index (χ4v) is 4.76. The van der Waals surface area contributed by atoms with Crippen LogP contribution in [0.2, 0.25) is 0 Å². The van der Waals surface area contributed by atoms with Crippen LogP contribution in [-0.4, -0.2) is 47.1 Å². The summed E-state index contributed by atoms with van der Waals surface area (Å²) in [7, 11) is -3.21. The van der Waals surface area contributed by atoms with Gasteiger partial charge in [0.15, 0.2) is 9.84 Å². The Morgan fingerprint density at radius 1 is 1.30 bits per heavy atom. The standard InChI is InChI=1S/C16H20N2O4S/c1-12-4-2-6-17-14(12)9-18(8-13-5-3-7-22-13)15-10-23(20,21)11-16(15)19/h2-7,15-16,19H,8-11H2,1H3/t15-,16-/m0/s1. The van der Waals surface area contributed by atoms with Gasteiger partial charge in [0.25, 0.3) is 0 Å². The smallest absolute Gasteiger partial charge is 0.154 e. The predicted molar refractivity (Wildman–Crippen MR) is 85.4 cm³/mol. The van der Waals surface area contributed by atoms with Gasteiger partial charge in [-0.1, -0.05) is 6.07 Å². The number of pyridine rings is 1. The quantitative estimate of drug-likeness (QED) is 0.882. The molecule has 1 aliphatic heterocycles. The summed E-state index contributed by atoms with van der Waals surface area (Å²) in [6, 6.07) is 7.02. The lowest BCUT2D eigenvalue weighted by atomic mass is 10.1. The highest BCUT2D eigenvalue weighted by Crippen LogP contribution is 2.23. The van der Waals surface area contributed by atoms with Crippen molar-refractivity contribution in [3.8, 4) is 0 Å². The van der Waals surface area contributed by atoms with Gasteiger partial charge >= 0.3 is 0 Å². The Kier molecular flexibility index (Phi) is 4.52. The Bertz CT molecular complexity index is 758. The average molecular weight is 336 g/mol. The van der Waals surface area contributed by atoms with Crippen molar-refractivity contribution in [3.05, 3.63) is 53.7 Å². The second-order valence-corrected chi connectivity index (χ2v) is 8.12. The van der Waals surface area contributed by atoms with Gasteiger partial charge < -0.3 is 9.52 Å². The summed E-state index contributed by atoms with van der Waals surface area (Å²) in [5.74, 6) is 0.504. The molecule has 0 aromatic carbocycles. The van der Waals surface area contributed by atoms with Gasteiger partial charge in [0, 0.05) is 12.7 Å². The molecule has 0 bridgehead atoms. The van der Waals surface area contributed by atoms with E-state index >= 15 is 0 Å². The number of furan rings is 1. The lowest BCUT2D eigenvalue weighted by Gasteiger charge is -2.29. The Hall–Kier alpha value is -1.70. The molecule has 1 saturated heterocycles. The van der Waals surface area contributed by atoms with E-state index in [1.165, 1.54) is 0 Å². The molecule has 1 N–H and O–H groups in total. The van der Waals surface area contributed by atoms with E-state index < -0.39 is 22.0 Å². The van der Waals surface area contributed by atoms with Crippen LogP contribution in [0.4, 0.5) is 0 Å². The summed E-state index contributed by atoms with van der Waals surface area (Å²) >= 11 is 0. The van der Waals surface area contributed by atoms with E-state index in [1.54, 1.807) is 18.5 Å². The van der Waals surface area contributed by atoms with E-state index in [1.807, 2.05) is 30.0 Å². The molecule has 124 valence electrons. The Labute approximate surface area is 135 Å². The zero-order valence-corrected chi connectivity index (χ0v) is 13.7. The molecule has 3 heterocycles. The van der Waals surface area contributed by atoms with Crippen molar-refractivity contribution in [2.75, 3.05) is 11.5 Å². The number of aliphatic hydroxyl groups is 1. The first kappa shape index (κ1) is 16.2. The van der Waals surface area contributed by atoms with Crippen LogP contribution in [0.25, 0.3) is 0 Å². The maximum Gasteiger partial charge on any atom is 0.154 e. The van der Waals surface area contributed by atoms with Crippen molar-refractivity contribution in [1.29, 1.82) is 0 Å². The molecule has 0 aliphatic carbocycles. The molecule has 7 heteroatoms. The van der Waals surface area contributed by atoms with Crippen LogP contribution in [0.5, 0.6) is 0 Å². The number of nitrogens with zero attached hydrogens (tertiary/aromatic N) is 2. The van der Waals surface area contributed by atoms with Gasteiger partial charge in [-0.05, 0) is 30.7 Å². The minimum absolute atomic E-state index is 0.0409. The summed E-state index contributed by atoms with van der Waals surface area (Å²) in [4.78, 5) is 6.31. The number of rotatable bonds is 5. The van der Waals surface area contributed by atoms with Crippen molar-refractivity contribution in [2.24, 2.45) is 0 Å². The first-order valence-electron chi connectivity index (χ1n) is 7.50. The molecule has 0 unspecified atom stereocenters. The summed E-state index contributed by atoms with van der Waals surface area (Å²) in [5, 5.41) is 10.2. The Balaban J connectivity index is 1.86. The second kappa shape index (κ2) is 6.43. The topological polar surface area (TPSA) is 83.6 Å². The summed E-state index contributed by atoms with van der Waals surface area (Å²) in [5.41, 5.74) is 1.91. The van der Waals surface area contributed by atoms with E-state index in [0.29, 0.717) is 13.1 Å². The van der Waals surface area contributed by atoms with Crippen LogP contribution in [0.15, 0.2) is 41.1 Å². The normalized spacial score (nSPS) is 23.4. The van der Waals surface area contributed by atoms with E-state index in [9.17, 15) is 13.5 Å². The number of hydrogen-bond donors (Lipinski definition) is 1. The lowest BCUT2D eigenvalue weighted by Crippen LogP contribution is -2.42. The molecule has 3 rings (SSSR count). The minimum atomic E-state index is -3.21. The number of hydrogen-bond acceptors (Lipinski definition) is 6. The van der Waals surface area contributed by atoms with Crippen molar-refractivity contribution in [2.45, 2.75) is 32.2 Å². The van der Waals surface area contributed by atoms with Gasteiger partial charge in [0.05, 0.1) is 42.2 Å². The molecule has 23 heavy (non-hydrogen) atoms. The minimum Gasteiger partial charge on any atom is -0.468 e. The number of aliphatic hydroxyl groups excluding tert-OH is 1. The SMILES string of the molecule is Cc1cccnc1CN(Cc1ccco1)[C@H]1CS(=O)(=O)C[C@@H]1O. The number of aryl methyl sites for hydroxylation is 1. The monoisotopic (exact) mass is 336 g/mol. The van der Waals surface area contributed by atoms with E-state index in [2.05, 4.69) is 4.98 Å². The van der Waals surface area contributed by atoms with Crippen LogP contribution in [0.1, 0.15) is 17.0 Å². The van der Waals surface area contributed by atoms with Gasteiger partial charge in [-0.25, -0.2) is 8.42 Å². The van der Waals surface area contributed by atoms with Crippen LogP contribution < -0.4 is 0 Å². The first-order valence-corrected chi connectivity index (χ1v) is 9.32. The summed E-state index contributed by atoms with van der Waals surface area (Å²) < 4.78 is 29.1. The maximum atomic E-state index is 11.9. The van der Waals surface area contributed by atoms with Crippen molar-refractivity contribution >= 4 is 9.84 Å². The number of aromatic nitrogens is 1. The van der Waals surface area contributed by atoms with Crippen LogP contribution in [0, 0.1) is 6.92 Å². The van der Waals surface area contributed by atoms with Gasteiger partial charge in [0.2, 0.25) is 0 Å². The fourth-order valence-electron chi connectivity index (χ4n) is 2.93. The largest absolute Gasteiger partial charge is 0.468 e. The predicted octanol–water partition coefficient (Wildman–Crippen LogP) is 1.14. The van der Waals surface area contributed by atoms with E-state index in [0.717, 1.165) is 17.0 Å². The molecule has 1 fully saturated rings.